The molecule has 2 amide bonds. The van der Waals surface area contributed by atoms with E-state index < -0.39 is 0 Å². The SMILES string of the molecule is COc1nc2cc(C)c(C)cc2nc1NC(=O)N1CCN(c2cc(C)cc(C)c2)CC1. The van der Waals surface area contributed by atoms with Gasteiger partial charge in [0.15, 0.2) is 5.82 Å². The lowest BCUT2D eigenvalue weighted by molar-refractivity contribution is 0.208. The Bertz CT molecular complexity index is 1120. The fraction of sp³-hybridized carbons (Fsp3) is 0.375. The minimum atomic E-state index is -0.184. The molecule has 1 aliphatic heterocycles. The zero-order chi connectivity index (χ0) is 22.1. The van der Waals surface area contributed by atoms with E-state index in [0.717, 1.165) is 35.2 Å². The van der Waals surface area contributed by atoms with Crippen molar-refractivity contribution in [1.82, 2.24) is 14.9 Å². The third-order valence-electron chi connectivity index (χ3n) is 5.80. The van der Waals surface area contributed by atoms with Crippen LogP contribution in [0.1, 0.15) is 22.3 Å². The number of benzene rings is 2. The molecule has 0 bridgehead atoms. The molecule has 1 aliphatic rings. The lowest BCUT2D eigenvalue weighted by Crippen LogP contribution is -2.50. The summed E-state index contributed by atoms with van der Waals surface area (Å²) < 4.78 is 5.39. The van der Waals surface area contributed by atoms with E-state index in [1.165, 1.54) is 23.9 Å². The predicted molar refractivity (Wildman–Crippen MR) is 124 cm³/mol. The van der Waals surface area contributed by atoms with Crippen LogP contribution in [0.2, 0.25) is 0 Å². The molecule has 7 nitrogen and oxygen atoms in total. The Morgan fingerprint density at radius 1 is 0.871 bits per heavy atom. The Labute approximate surface area is 183 Å². The fourth-order valence-electron chi connectivity index (χ4n) is 4.00. The van der Waals surface area contributed by atoms with E-state index in [9.17, 15) is 4.79 Å². The third kappa shape index (κ3) is 4.40. The smallest absolute Gasteiger partial charge is 0.323 e. The summed E-state index contributed by atoms with van der Waals surface area (Å²) >= 11 is 0. The van der Waals surface area contributed by atoms with Crippen molar-refractivity contribution in [3.05, 3.63) is 52.6 Å². The monoisotopic (exact) mass is 419 g/mol. The van der Waals surface area contributed by atoms with Crippen molar-refractivity contribution in [2.24, 2.45) is 0 Å². The second-order valence-corrected chi connectivity index (χ2v) is 8.26. The number of hydrogen-bond acceptors (Lipinski definition) is 5. The first-order chi connectivity index (χ1) is 14.8. The summed E-state index contributed by atoms with van der Waals surface area (Å²) in [6.07, 6.45) is 0. The van der Waals surface area contributed by atoms with E-state index in [1.807, 2.05) is 30.9 Å². The average Bonchev–Trinajstić information content (AvgIpc) is 2.74. The van der Waals surface area contributed by atoms with Crippen molar-refractivity contribution in [2.75, 3.05) is 43.5 Å². The first-order valence-corrected chi connectivity index (χ1v) is 10.6. The summed E-state index contributed by atoms with van der Waals surface area (Å²) in [5.74, 6) is 0.665. The van der Waals surface area contributed by atoms with Crippen LogP contribution >= 0.6 is 0 Å². The average molecular weight is 420 g/mol. The summed E-state index contributed by atoms with van der Waals surface area (Å²) in [6, 6.07) is 10.3. The molecule has 0 aliphatic carbocycles. The van der Waals surface area contributed by atoms with Crippen LogP contribution in [0.4, 0.5) is 16.3 Å². The molecule has 162 valence electrons. The summed E-state index contributed by atoms with van der Waals surface area (Å²) in [5, 5.41) is 2.90. The van der Waals surface area contributed by atoms with Crippen LogP contribution in [0.5, 0.6) is 5.88 Å². The van der Waals surface area contributed by atoms with Gasteiger partial charge in [-0.05, 0) is 74.2 Å². The molecule has 1 fully saturated rings. The number of nitrogens with zero attached hydrogens (tertiary/aromatic N) is 4. The topological polar surface area (TPSA) is 70.6 Å². The van der Waals surface area contributed by atoms with Gasteiger partial charge in [-0.2, -0.15) is 0 Å². The summed E-state index contributed by atoms with van der Waals surface area (Å²) in [5.41, 5.74) is 7.48. The van der Waals surface area contributed by atoms with Gasteiger partial charge < -0.3 is 14.5 Å². The number of nitrogens with one attached hydrogen (secondary N) is 1. The van der Waals surface area contributed by atoms with Crippen LogP contribution in [0.25, 0.3) is 11.0 Å². The van der Waals surface area contributed by atoms with E-state index in [0.29, 0.717) is 24.8 Å². The maximum absolute atomic E-state index is 12.9. The number of urea groups is 1. The van der Waals surface area contributed by atoms with E-state index in [4.69, 9.17) is 4.74 Å². The number of anilines is 2. The second-order valence-electron chi connectivity index (χ2n) is 8.26. The van der Waals surface area contributed by atoms with Gasteiger partial charge in [0.2, 0.25) is 0 Å². The lowest BCUT2D eigenvalue weighted by Gasteiger charge is -2.36. The first kappa shape index (κ1) is 20.9. The fourth-order valence-corrected chi connectivity index (χ4v) is 4.00. The van der Waals surface area contributed by atoms with Crippen molar-refractivity contribution in [3.8, 4) is 5.88 Å². The number of hydrogen-bond donors (Lipinski definition) is 1. The van der Waals surface area contributed by atoms with E-state index in [2.05, 4.69) is 52.2 Å². The van der Waals surface area contributed by atoms with Gasteiger partial charge in [-0.25, -0.2) is 14.8 Å². The van der Waals surface area contributed by atoms with Crippen LogP contribution in [0, 0.1) is 27.7 Å². The van der Waals surface area contributed by atoms with Gasteiger partial charge >= 0.3 is 6.03 Å². The molecule has 7 heteroatoms. The molecule has 0 saturated carbocycles. The Morgan fingerprint density at radius 3 is 2.03 bits per heavy atom. The molecule has 1 aromatic heterocycles. The predicted octanol–water partition coefficient (Wildman–Crippen LogP) is 4.23. The Morgan fingerprint density at radius 2 is 1.45 bits per heavy atom. The molecule has 31 heavy (non-hydrogen) atoms. The van der Waals surface area contributed by atoms with Crippen molar-refractivity contribution < 1.29 is 9.53 Å². The highest BCUT2D eigenvalue weighted by atomic mass is 16.5. The molecule has 0 spiro atoms. The van der Waals surface area contributed by atoms with Crippen molar-refractivity contribution >= 4 is 28.6 Å². The highest BCUT2D eigenvalue weighted by Crippen LogP contribution is 2.26. The standard InChI is InChI=1S/C24H29N5O2/c1-15-10-16(2)12-19(11-15)28-6-8-29(9-7-28)24(30)27-22-23(31-5)26-21-14-18(4)17(3)13-20(21)25-22/h10-14H,6-9H2,1-5H3,(H,25,27,30). The van der Waals surface area contributed by atoms with Crippen molar-refractivity contribution in [2.45, 2.75) is 27.7 Å². The molecule has 0 unspecified atom stereocenters. The van der Waals surface area contributed by atoms with Gasteiger partial charge in [-0.15, -0.1) is 0 Å². The molecule has 2 aromatic carbocycles. The van der Waals surface area contributed by atoms with Gasteiger partial charge in [-0.3, -0.25) is 5.32 Å². The third-order valence-corrected chi connectivity index (χ3v) is 5.80. The number of ether oxygens (including phenoxy) is 1. The number of carbonyl (C=O) groups is 1. The van der Waals surface area contributed by atoms with Crippen LogP contribution < -0.4 is 15.0 Å². The highest BCUT2D eigenvalue weighted by Gasteiger charge is 2.23. The normalized spacial score (nSPS) is 14.1. The summed E-state index contributed by atoms with van der Waals surface area (Å²) in [7, 11) is 1.54. The Balaban J connectivity index is 1.47. The van der Waals surface area contributed by atoms with Crippen LogP contribution in [-0.2, 0) is 0 Å². The lowest BCUT2D eigenvalue weighted by atomic mass is 10.1. The van der Waals surface area contributed by atoms with Gasteiger partial charge in [0.25, 0.3) is 5.88 Å². The maximum atomic E-state index is 12.9. The largest absolute Gasteiger partial charge is 0.478 e. The molecular formula is C24H29N5O2. The van der Waals surface area contributed by atoms with Gasteiger partial charge in [0.05, 0.1) is 18.1 Å². The summed E-state index contributed by atoms with van der Waals surface area (Å²) in [4.78, 5) is 26.2. The number of piperazine rings is 1. The zero-order valence-electron chi connectivity index (χ0n) is 18.8. The zero-order valence-corrected chi connectivity index (χ0v) is 18.8. The number of rotatable bonds is 3. The van der Waals surface area contributed by atoms with Crippen LogP contribution in [-0.4, -0.2) is 54.2 Å². The van der Waals surface area contributed by atoms with Crippen LogP contribution in [0.3, 0.4) is 0 Å². The van der Waals surface area contributed by atoms with Crippen molar-refractivity contribution in [3.63, 3.8) is 0 Å². The quantitative estimate of drug-likeness (QED) is 0.688. The molecular weight excluding hydrogens is 390 g/mol. The number of fused-ring (bicyclic) bond motifs is 1. The summed E-state index contributed by atoms with van der Waals surface area (Å²) in [6.45, 7) is 11.2. The van der Waals surface area contributed by atoms with Gasteiger partial charge in [0, 0.05) is 31.9 Å². The molecule has 0 radical (unpaired) electrons. The molecule has 4 rings (SSSR count). The van der Waals surface area contributed by atoms with Crippen LogP contribution in [0.15, 0.2) is 30.3 Å². The molecule has 1 saturated heterocycles. The number of amides is 2. The highest BCUT2D eigenvalue weighted by molar-refractivity contribution is 5.91. The molecule has 3 aromatic rings. The van der Waals surface area contributed by atoms with E-state index in [1.54, 1.807) is 0 Å². The minimum absolute atomic E-state index is 0.184. The van der Waals surface area contributed by atoms with Gasteiger partial charge in [0.1, 0.15) is 0 Å². The minimum Gasteiger partial charge on any atom is -0.478 e. The number of methoxy groups -OCH3 is 1. The maximum Gasteiger partial charge on any atom is 0.323 e. The number of aryl methyl sites for hydroxylation is 4. The molecule has 0 atom stereocenters. The first-order valence-electron chi connectivity index (χ1n) is 10.6. The second kappa shape index (κ2) is 8.41. The van der Waals surface area contributed by atoms with Gasteiger partial charge in [-0.1, -0.05) is 6.07 Å². The van der Waals surface area contributed by atoms with E-state index in [-0.39, 0.29) is 6.03 Å². The number of carbonyl (C=O) groups excluding carboxylic acids is 1. The van der Waals surface area contributed by atoms with Crippen molar-refractivity contribution in [1.29, 1.82) is 0 Å². The van der Waals surface area contributed by atoms with E-state index >= 15 is 0 Å². The molecule has 1 N–H and O–H groups in total. The Kier molecular flexibility index (Phi) is 5.67. The number of aromatic nitrogens is 2. The molecule has 2 heterocycles. The Hall–Kier alpha value is -3.35.